The summed E-state index contributed by atoms with van der Waals surface area (Å²) < 4.78 is 0. The number of hydrogen-bond donors (Lipinski definition) is 1. The molecule has 2 aromatic rings. The van der Waals surface area contributed by atoms with E-state index in [9.17, 15) is 0 Å². The van der Waals surface area contributed by atoms with Gasteiger partial charge in [0.05, 0.1) is 11.1 Å². The van der Waals surface area contributed by atoms with Gasteiger partial charge >= 0.3 is 0 Å². The van der Waals surface area contributed by atoms with E-state index in [-0.39, 0.29) is 6.04 Å². The van der Waals surface area contributed by atoms with Gasteiger partial charge in [-0.1, -0.05) is 17.7 Å². The Morgan fingerprint density at radius 2 is 2.06 bits per heavy atom. The van der Waals surface area contributed by atoms with E-state index in [0.29, 0.717) is 5.02 Å². The highest BCUT2D eigenvalue weighted by molar-refractivity contribution is 6.31. The number of aryl methyl sites for hydroxylation is 1. The number of aromatic nitrogens is 2. The first-order chi connectivity index (χ1) is 7.68. The molecule has 82 valence electrons. The number of rotatable bonds is 2. The summed E-state index contributed by atoms with van der Waals surface area (Å²) in [5.74, 6) is 0. The lowest BCUT2D eigenvalue weighted by Gasteiger charge is -2.13. The van der Waals surface area contributed by atoms with Gasteiger partial charge in [-0.3, -0.25) is 9.97 Å². The SMILES string of the molecule is Cc1cncc(C(N)c2ccncc2Cl)c1. The lowest BCUT2D eigenvalue weighted by molar-refractivity contribution is 0.857. The third-order valence-electron chi connectivity index (χ3n) is 2.39. The highest BCUT2D eigenvalue weighted by Gasteiger charge is 2.12. The fourth-order valence-electron chi connectivity index (χ4n) is 1.57. The third-order valence-corrected chi connectivity index (χ3v) is 2.71. The molecular weight excluding hydrogens is 222 g/mol. The first-order valence-electron chi connectivity index (χ1n) is 4.95. The van der Waals surface area contributed by atoms with Crippen LogP contribution in [-0.2, 0) is 0 Å². The zero-order chi connectivity index (χ0) is 11.5. The van der Waals surface area contributed by atoms with E-state index in [1.54, 1.807) is 24.8 Å². The fraction of sp³-hybridized carbons (Fsp3) is 0.167. The predicted molar refractivity (Wildman–Crippen MR) is 64.3 cm³/mol. The zero-order valence-corrected chi connectivity index (χ0v) is 9.65. The molecule has 1 atom stereocenters. The van der Waals surface area contributed by atoms with Crippen molar-refractivity contribution < 1.29 is 0 Å². The number of hydrogen-bond acceptors (Lipinski definition) is 3. The number of nitrogens with two attached hydrogens (primary N) is 1. The molecule has 0 aromatic carbocycles. The summed E-state index contributed by atoms with van der Waals surface area (Å²) in [6.07, 6.45) is 6.84. The van der Waals surface area contributed by atoms with Crippen LogP contribution >= 0.6 is 11.6 Å². The van der Waals surface area contributed by atoms with E-state index in [1.807, 2.05) is 19.1 Å². The number of pyridine rings is 2. The van der Waals surface area contributed by atoms with Gasteiger partial charge in [0.1, 0.15) is 0 Å². The molecule has 0 amide bonds. The molecule has 2 heterocycles. The van der Waals surface area contributed by atoms with Crippen molar-refractivity contribution in [1.29, 1.82) is 0 Å². The van der Waals surface area contributed by atoms with Crippen molar-refractivity contribution in [3.05, 3.63) is 58.6 Å². The minimum absolute atomic E-state index is 0.261. The van der Waals surface area contributed by atoms with E-state index in [2.05, 4.69) is 9.97 Å². The lowest BCUT2D eigenvalue weighted by atomic mass is 10.0. The van der Waals surface area contributed by atoms with Gasteiger partial charge in [0.2, 0.25) is 0 Å². The molecule has 0 spiro atoms. The van der Waals surface area contributed by atoms with E-state index >= 15 is 0 Å². The average Bonchev–Trinajstić information content (AvgIpc) is 2.29. The van der Waals surface area contributed by atoms with E-state index < -0.39 is 0 Å². The maximum absolute atomic E-state index is 6.13. The van der Waals surface area contributed by atoms with Gasteiger partial charge in [-0.25, -0.2) is 0 Å². The average molecular weight is 234 g/mol. The van der Waals surface area contributed by atoms with Crippen LogP contribution < -0.4 is 5.73 Å². The summed E-state index contributed by atoms with van der Waals surface area (Å²) in [6, 6.07) is 3.58. The Balaban J connectivity index is 2.39. The van der Waals surface area contributed by atoms with Gasteiger partial charge < -0.3 is 5.73 Å². The van der Waals surface area contributed by atoms with Crippen molar-refractivity contribution in [3.8, 4) is 0 Å². The molecule has 0 fully saturated rings. The first-order valence-corrected chi connectivity index (χ1v) is 5.33. The Labute approximate surface area is 99.3 Å². The molecule has 0 radical (unpaired) electrons. The maximum atomic E-state index is 6.13. The molecule has 0 bridgehead atoms. The Morgan fingerprint density at radius 1 is 1.25 bits per heavy atom. The van der Waals surface area contributed by atoms with Crippen LogP contribution in [0, 0.1) is 6.92 Å². The molecule has 0 aliphatic rings. The quantitative estimate of drug-likeness (QED) is 0.867. The Bertz CT molecular complexity index is 499. The fourth-order valence-corrected chi connectivity index (χ4v) is 1.80. The highest BCUT2D eigenvalue weighted by Crippen LogP contribution is 2.25. The van der Waals surface area contributed by atoms with Crippen LogP contribution in [0.1, 0.15) is 22.7 Å². The van der Waals surface area contributed by atoms with Crippen molar-refractivity contribution in [3.63, 3.8) is 0 Å². The second-order valence-electron chi connectivity index (χ2n) is 3.67. The van der Waals surface area contributed by atoms with Crippen molar-refractivity contribution in [2.45, 2.75) is 13.0 Å². The lowest BCUT2D eigenvalue weighted by Crippen LogP contribution is -2.13. The third kappa shape index (κ3) is 2.21. The van der Waals surface area contributed by atoms with Crippen LogP contribution in [-0.4, -0.2) is 9.97 Å². The molecule has 2 N–H and O–H groups in total. The van der Waals surface area contributed by atoms with Crippen molar-refractivity contribution in [2.75, 3.05) is 0 Å². The predicted octanol–water partition coefficient (Wildman–Crippen LogP) is 2.49. The Kier molecular flexibility index (Phi) is 3.17. The van der Waals surface area contributed by atoms with Crippen molar-refractivity contribution >= 4 is 11.6 Å². The van der Waals surface area contributed by atoms with Gasteiger partial charge in [0, 0.05) is 24.8 Å². The molecule has 0 aliphatic heterocycles. The minimum Gasteiger partial charge on any atom is -0.320 e. The summed E-state index contributed by atoms with van der Waals surface area (Å²) >= 11 is 6.05. The van der Waals surface area contributed by atoms with Crippen molar-refractivity contribution in [2.24, 2.45) is 5.73 Å². The molecule has 4 heteroatoms. The second kappa shape index (κ2) is 4.60. The van der Waals surface area contributed by atoms with Gasteiger partial charge in [0.25, 0.3) is 0 Å². The monoisotopic (exact) mass is 233 g/mol. The van der Waals surface area contributed by atoms with E-state index in [1.165, 1.54) is 0 Å². The number of nitrogens with zero attached hydrogens (tertiary/aromatic N) is 2. The highest BCUT2D eigenvalue weighted by atomic mass is 35.5. The molecule has 3 nitrogen and oxygen atoms in total. The van der Waals surface area contributed by atoms with Crippen LogP contribution in [0.15, 0.2) is 36.9 Å². The normalized spacial score (nSPS) is 12.4. The molecule has 2 rings (SSSR count). The van der Waals surface area contributed by atoms with Crippen LogP contribution in [0.25, 0.3) is 0 Å². The summed E-state index contributed by atoms with van der Waals surface area (Å²) in [7, 11) is 0. The maximum Gasteiger partial charge on any atom is 0.0640 e. The second-order valence-corrected chi connectivity index (χ2v) is 4.08. The van der Waals surface area contributed by atoms with Crippen LogP contribution in [0.5, 0.6) is 0 Å². The molecule has 1 unspecified atom stereocenters. The van der Waals surface area contributed by atoms with E-state index in [0.717, 1.165) is 16.7 Å². The summed E-state index contributed by atoms with van der Waals surface area (Å²) in [5, 5.41) is 0.580. The molecular formula is C12H12ClN3. The molecule has 0 saturated heterocycles. The van der Waals surface area contributed by atoms with E-state index in [4.69, 9.17) is 17.3 Å². The molecule has 2 aromatic heterocycles. The standard InChI is InChI=1S/C12H12ClN3/c1-8-4-9(6-16-5-8)12(14)10-2-3-15-7-11(10)13/h2-7,12H,14H2,1H3. The first kappa shape index (κ1) is 11.0. The largest absolute Gasteiger partial charge is 0.320 e. The number of halogens is 1. The molecule has 0 saturated carbocycles. The smallest absolute Gasteiger partial charge is 0.0640 e. The zero-order valence-electron chi connectivity index (χ0n) is 8.89. The van der Waals surface area contributed by atoms with Gasteiger partial charge in [-0.05, 0) is 29.7 Å². The Hall–Kier alpha value is -1.45. The minimum atomic E-state index is -0.261. The summed E-state index contributed by atoms with van der Waals surface area (Å²) in [6.45, 7) is 1.98. The molecule has 16 heavy (non-hydrogen) atoms. The van der Waals surface area contributed by atoms with Crippen LogP contribution in [0.3, 0.4) is 0 Å². The van der Waals surface area contributed by atoms with Crippen LogP contribution in [0.2, 0.25) is 5.02 Å². The summed E-state index contributed by atoms with van der Waals surface area (Å²) in [5.41, 5.74) is 9.03. The topological polar surface area (TPSA) is 51.8 Å². The summed E-state index contributed by atoms with van der Waals surface area (Å²) in [4.78, 5) is 8.06. The van der Waals surface area contributed by atoms with Gasteiger partial charge in [0.15, 0.2) is 0 Å². The molecule has 0 aliphatic carbocycles. The van der Waals surface area contributed by atoms with Crippen molar-refractivity contribution in [1.82, 2.24) is 9.97 Å². The van der Waals surface area contributed by atoms with Crippen LogP contribution in [0.4, 0.5) is 0 Å². The van der Waals surface area contributed by atoms with Gasteiger partial charge in [-0.2, -0.15) is 0 Å². The Morgan fingerprint density at radius 3 is 2.75 bits per heavy atom. The van der Waals surface area contributed by atoms with Gasteiger partial charge in [-0.15, -0.1) is 0 Å².